The Morgan fingerprint density at radius 2 is 1.67 bits per heavy atom. The van der Waals surface area contributed by atoms with Crippen molar-refractivity contribution >= 4 is 11.8 Å². The first-order chi connectivity index (χ1) is 8.69. The maximum absolute atomic E-state index is 3.97. The number of hydrogen-bond acceptors (Lipinski definition) is 2. The monoisotopic (exact) mass is 269 g/mol. The molecule has 0 bridgehead atoms. The van der Waals surface area contributed by atoms with E-state index in [9.17, 15) is 0 Å². The molecule has 18 heavy (non-hydrogen) atoms. The third kappa shape index (κ3) is 4.16. The highest BCUT2D eigenvalue weighted by Gasteiger charge is 2.27. The predicted octanol–water partition coefficient (Wildman–Crippen LogP) is 4.47. The molecule has 0 heterocycles. The van der Waals surface area contributed by atoms with Crippen LogP contribution in [0.2, 0.25) is 0 Å². The lowest BCUT2D eigenvalue weighted by Crippen LogP contribution is -2.43. The van der Waals surface area contributed by atoms with Gasteiger partial charge in [-0.3, -0.25) is 0 Å². The van der Waals surface area contributed by atoms with Crippen molar-refractivity contribution in [1.82, 2.24) is 5.32 Å². The Labute approximate surface area is 118 Å². The predicted molar refractivity (Wildman–Crippen MR) is 83.3 cm³/mol. The molecule has 2 atom stereocenters. The van der Waals surface area contributed by atoms with Crippen molar-refractivity contribution < 1.29 is 0 Å². The first kappa shape index (κ1) is 14.7. The summed E-state index contributed by atoms with van der Waals surface area (Å²) in [5.74, 6) is 1.88. The molecule has 0 saturated heterocycles. The highest BCUT2D eigenvalue weighted by molar-refractivity contribution is 7.99. The Morgan fingerprint density at radius 3 is 2.28 bits per heavy atom. The van der Waals surface area contributed by atoms with Gasteiger partial charge in [0.25, 0.3) is 0 Å². The van der Waals surface area contributed by atoms with Gasteiger partial charge in [0, 0.05) is 17.3 Å². The van der Waals surface area contributed by atoms with Crippen molar-refractivity contribution in [2.75, 3.05) is 6.26 Å². The van der Waals surface area contributed by atoms with E-state index in [2.05, 4.69) is 37.2 Å². The summed E-state index contributed by atoms with van der Waals surface area (Å²) in [7, 11) is 0. The van der Waals surface area contributed by atoms with E-state index in [1.807, 2.05) is 0 Å². The second-order valence-corrected chi connectivity index (χ2v) is 7.88. The van der Waals surface area contributed by atoms with Gasteiger partial charge in [-0.25, -0.2) is 0 Å². The lowest BCUT2D eigenvalue weighted by molar-refractivity contribution is 0.218. The Balaban J connectivity index is 1.71. The van der Waals surface area contributed by atoms with Gasteiger partial charge in [-0.15, -0.1) is 0 Å². The maximum Gasteiger partial charge on any atom is 0.00801 e. The first-order valence-corrected chi connectivity index (χ1v) is 9.26. The van der Waals surface area contributed by atoms with E-state index in [1.54, 1.807) is 0 Å². The minimum absolute atomic E-state index is 0.816. The standard InChI is InChI=1S/C16H31NS/c1-12(2)13-7-9-14(10-8-13)17-15-5-4-6-16(11-15)18-3/h12-17H,4-11H2,1-3H3. The van der Waals surface area contributed by atoms with Gasteiger partial charge in [-0.1, -0.05) is 20.3 Å². The number of hydrogen-bond donors (Lipinski definition) is 1. The zero-order valence-electron chi connectivity index (χ0n) is 12.5. The summed E-state index contributed by atoms with van der Waals surface area (Å²) in [6.07, 6.45) is 13.7. The fourth-order valence-corrected chi connectivity index (χ4v) is 4.62. The van der Waals surface area contributed by atoms with E-state index in [1.165, 1.54) is 51.4 Å². The van der Waals surface area contributed by atoms with Crippen molar-refractivity contribution in [3.05, 3.63) is 0 Å². The van der Waals surface area contributed by atoms with Crippen LogP contribution in [0.1, 0.15) is 65.2 Å². The average molecular weight is 269 g/mol. The van der Waals surface area contributed by atoms with Crippen molar-refractivity contribution in [2.24, 2.45) is 11.8 Å². The van der Waals surface area contributed by atoms with Gasteiger partial charge in [0.05, 0.1) is 0 Å². The molecule has 2 unspecified atom stereocenters. The summed E-state index contributed by atoms with van der Waals surface area (Å²) in [5.41, 5.74) is 0. The van der Waals surface area contributed by atoms with Crippen molar-refractivity contribution in [2.45, 2.75) is 82.5 Å². The molecule has 2 aliphatic carbocycles. The van der Waals surface area contributed by atoms with Crippen molar-refractivity contribution in [3.63, 3.8) is 0 Å². The van der Waals surface area contributed by atoms with Gasteiger partial charge in [0.2, 0.25) is 0 Å². The van der Waals surface area contributed by atoms with Crippen LogP contribution >= 0.6 is 11.8 Å². The van der Waals surface area contributed by atoms with Crippen LogP contribution in [0, 0.1) is 11.8 Å². The first-order valence-electron chi connectivity index (χ1n) is 7.98. The number of thioether (sulfide) groups is 1. The minimum atomic E-state index is 0.816. The molecule has 2 heteroatoms. The van der Waals surface area contributed by atoms with E-state index < -0.39 is 0 Å². The molecular weight excluding hydrogens is 238 g/mol. The van der Waals surface area contributed by atoms with Crippen LogP contribution in [0.3, 0.4) is 0 Å². The largest absolute Gasteiger partial charge is 0.311 e. The zero-order chi connectivity index (χ0) is 13.0. The van der Waals surface area contributed by atoms with Gasteiger partial charge < -0.3 is 5.32 Å². The van der Waals surface area contributed by atoms with E-state index >= 15 is 0 Å². The molecule has 1 nitrogen and oxygen atoms in total. The SMILES string of the molecule is CSC1CCCC(NC2CCC(C(C)C)CC2)C1. The fraction of sp³-hybridized carbons (Fsp3) is 1.00. The van der Waals surface area contributed by atoms with E-state index in [-0.39, 0.29) is 0 Å². The average Bonchev–Trinajstić information content (AvgIpc) is 2.39. The molecular formula is C16H31NS. The Morgan fingerprint density at radius 1 is 0.944 bits per heavy atom. The quantitative estimate of drug-likeness (QED) is 0.808. The minimum Gasteiger partial charge on any atom is -0.311 e. The van der Waals surface area contributed by atoms with Crippen LogP contribution in [0.25, 0.3) is 0 Å². The molecule has 0 aromatic carbocycles. The van der Waals surface area contributed by atoms with Crippen LogP contribution in [0.5, 0.6) is 0 Å². The smallest absolute Gasteiger partial charge is 0.00801 e. The molecule has 0 aromatic rings. The van der Waals surface area contributed by atoms with Crippen molar-refractivity contribution in [3.8, 4) is 0 Å². The fourth-order valence-electron chi connectivity index (χ4n) is 3.80. The van der Waals surface area contributed by atoms with E-state index in [4.69, 9.17) is 0 Å². The Hall–Kier alpha value is 0.310. The molecule has 0 amide bonds. The highest BCUT2D eigenvalue weighted by atomic mass is 32.2. The van der Waals surface area contributed by atoms with Gasteiger partial charge in [-0.2, -0.15) is 11.8 Å². The van der Waals surface area contributed by atoms with Crippen LogP contribution < -0.4 is 5.32 Å². The second-order valence-electron chi connectivity index (χ2n) is 6.74. The van der Waals surface area contributed by atoms with Gasteiger partial charge >= 0.3 is 0 Å². The maximum atomic E-state index is 3.97. The summed E-state index contributed by atoms with van der Waals surface area (Å²) < 4.78 is 0. The number of nitrogens with one attached hydrogen (secondary N) is 1. The molecule has 2 rings (SSSR count). The molecule has 0 radical (unpaired) electrons. The molecule has 106 valence electrons. The normalized spacial score (nSPS) is 38.0. The van der Waals surface area contributed by atoms with E-state index in [0.717, 1.165) is 29.2 Å². The molecule has 0 spiro atoms. The van der Waals surface area contributed by atoms with Gasteiger partial charge in [0.1, 0.15) is 0 Å². The zero-order valence-corrected chi connectivity index (χ0v) is 13.3. The molecule has 2 aliphatic rings. The van der Waals surface area contributed by atoms with Gasteiger partial charge in [-0.05, 0) is 63.0 Å². The molecule has 0 aliphatic heterocycles. The van der Waals surface area contributed by atoms with Crippen LogP contribution in [0.4, 0.5) is 0 Å². The van der Waals surface area contributed by atoms with Crippen LogP contribution in [-0.4, -0.2) is 23.6 Å². The summed E-state index contributed by atoms with van der Waals surface area (Å²) in [4.78, 5) is 0. The topological polar surface area (TPSA) is 12.0 Å². The summed E-state index contributed by atoms with van der Waals surface area (Å²) in [5, 5.41) is 4.89. The lowest BCUT2D eigenvalue weighted by atomic mass is 9.79. The third-order valence-electron chi connectivity index (χ3n) is 5.15. The Kier molecular flexibility index (Phi) is 5.88. The molecule has 2 fully saturated rings. The van der Waals surface area contributed by atoms with Crippen LogP contribution in [-0.2, 0) is 0 Å². The second kappa shape index (κ2) is 7.19. The Bertz CT molecular complexity index is 233. The summed E-state index contributed by atoms with van der Waals surface area (Å²) in [6.45, 7) is 4.78. The molecule has 0 aromatic heterocycles. The molecule has 2 saturated carbocycles. The lowest BCUT2D eigenvalue weighted by Gasteiger charge is -2.36. The third-order valence-corrected chi connectivity index (χ3v) is 6.24. The van der Waals surface area contributed by atoms with Gasteiger partial charge in [0.15, 0.2) is 0 Å². The van der Waals surface area contributed by atoms with Crippen LogP contribution in [0.15, 0.2) is 0 Å². The number of rotatable bonds is 4. The van der Waals surface area contributed by atoms with Crippen molar-refractivity contribution in [1.29, 1.82) is 0 Å². The van der Waals surface area contributed by atoms with E-state index in [0.29, 0.717) is 0 Å². The summed E-state index contributed by atoms with van der Waals surface area (Å²) >= 11 is 2.08. The summed E-state index contributed by atoms with van der Waals surface area (Å²) in [6, 6.07) is 1.64. The molecule has 1 N–H and O–H groups in total. The highest BCUT2D eigenvalue weighted by Crippen LogP contribution is 2.32.